The summed E-state index contributed by atoms with van der Waals surface area (Å²) in [6, 6.07) is 10.2. The van der Waals surface area contributed by atoms with Crippen molar-refractivity contribution in [2.75, 3.05) is 13.7 Å². The van der Waals surface area contributed by atoms with Crippen LogP contribution < -0.4 is 14.8 Å². The average molecular weight is 326 g/mol. The summed E-state index contributed by atoms with van der Waals surface area (Å²) >= 11 is 7.44. The van der Waals surface area contributed by atoms with Gasteiger partial charge in [0.25, 0.3) is 0 Å². The Labute approximate surface area is 134 Å². The molecule has 0 fully saturated rings. The summed E-state index contributed by atoms with van der Waals surface area (Å²) in [6.45, 7) is 5.65. The van der Waals surface area contributed by atoms with Crippen LogP contribution >= 0.6 is 22.9 Å². The molecule has 0 saturated carbocycles. The van der Waals surface area contributed by atoms with Crippen LogP contribution in [0.5, 0.6) is 11.5 Å². The molecule has 0 saturated heterocycles. The van der Waals surface area contributed by atoms with Crippen LogP contribution in [0.3, 0.4) is 0 Å². The Balaban J connectivity index is 2.08. The second kappa shape index (κ2) is 7.69. The number of halogens is 1. The number of methoxy groups -OCH3 is 1. The van der Waals surface area contributed by atoms with Gasteiger partial charge in [-0.2, -0.15) is 0 Å². The lowest BCUT2D eigenvalue weighted by Crippen LogP contribution is -2.17. The van der Waals surface area contributed by atoms with Gasteiger partial charge in [-0.15, -0.1) is 11.3 Å². The Bertz CT molecular complexity index is 585. The Morgan fingerprint density at radius 2 is 2.05 bits per heavy atom. The lowest BCUT2D eigenvalue weighted by molar-refractivity contribution is 0.287. The third kappa shape index (κ3) is 4.37. The number of benzene rings is 1. The topological polar surface area (TPSA) is 30.5 Å². The molecule has 0 aliphatic carbocycles. The van der Waals surface area contributed by atoms with E-state index >= 15 is 0 Å². The maximum absolute atomic E-state index is 5.92. The average Bonchev–Trinajstić information content (AvgIpc) is 2.90. The van der Waals surface area contributed by atoms with E-state index in [9.17, 15) is 0 Å². The minimum atomic E-state index is 0.286. The predicted octanol–water partition coefficient (Wildman–Crippen LogP) is 4.66. The number of ether oxygens (including phenoxy) is 2. The van der Waals surface area contributed by atoms with Crippen molar-refractivity contribution < 1.29 is 9.47 Å². The fraction of sp³-hybridized carbons (Fsp3) is 0.375. The molecule has 0 amide bonds. The van der Waals surface area contributed by atoms with Gasteiger partial charge < -0.3 is 14.8 Å². The van der Waals surface area contributed by atoms with Crippen molar-refractivity contribution in [1.82, 2.24) is 5.32 Å². The highest BCUT2D eigenvalue weighted by molar-refractivity contribution is 7.16. The van der Waals surface area contributed by atoms with E-state index in [-0.39, 0.29) is 6.04 Å². The normalized spacial score (nSPS) is 12.2. The molecular weight excluding hydrogens is 306 g/mol. The van der Waals surface area contributed by atoms with Crippen LogP contribution in [0.15, 0.2) is 30.3 Å². The predicted molar refractivity (Wildman–Crippen MR) is 88.7 cm³/mol. The van der Waals surface area contributed by atoms with Crippen molar-refractivity contribution in [3.05, 3.63) is 45.1 Å². The molecule has 0 aliphatic rings. The van der Waals surface area contributed by atoms with E-state index in [1.165, 1.54) is 16.9 Å². The van der Waals surface area contributed by atoms with E-state index in [4.69, 9.17) is 21.1 Å². The van der Waals surface area contributed by atoms with Gasteiger partial charge in [0, 0.05) is 10.9 Å². The maximum Gasteiger partial charge on any atom is 0.161 e. The molecule has 1 N–H and O–H groups in total. The first-order valence-corrected chi connectivity index (χ1v) is 8.11. The molecule has 5 heteroatoms. The third-order valence-electron chi connectivity index (χ3n) is 3.20. The fourth-order valence-electron chi connectivity index (χ4n) is 2.07. The minimum Gasteiger partial charge on any atom is -0.493 e. The van der Waals surface area contributed by atoms with Gasteiger partial charge in [-0.05, 0) is 43.3 Å². The third-order valence-corrected chi connectivity index (χ3v) is 4.40. The first-order chi connectivity index (χ1) is 10.1. The van der Waals surface area contributed by atoms with Crippen LogP contribution in [0.4, 0.5) is 0 Å². The van der Waals surface area contributed by atoms with E-state index in [0.29, 0.717) is 6.61 Å². The highest BCUT2D eigenvalue weighted by Gasteiger charge is 2.10. The molecule has 114 valence electrons. The molecule has 2 aromatic rings. The first-order valence-electron chi connectivity index (χ1n) is 6.92. The Morgan fingerprint density at radius 1 is 1.24 bits per heavy atom. The molecule has 0 radical (unpaired) electrons. The molecule has 21 heavy (non-hydrogen) atoms. The van der Waals surface area contributed by atoms with Gasteiger partial charge >= 0.3 is 0 Å². The number of thiophene rings is 1. The molecule has 1 heterocycles. The fourth-order valence-corrected chi connectivity index (χ4v) is 3.08. The molecule has 3 nitrogen and oxygen atoms in total. The van der Waals surface area contributed by atoms with Crippen molar-refractivity contribution in [2.45, 2.75) is 26.5 Å². The van der Waals surface area contributed by atoms with Gasteiger partial charge in [0.2, 0.25) is 0 Å². The van der Waals surface area contributed by atoms with Crippen LogP contribution in [0, 0.1) is 0 Å². The van der Waals surface area contributed by atoms with Crippen LogP contribution in [0.2, 0.25) is 4.34 Å². The molecule has 1 aromatic heterocycles. The quantitative estimate of drug-likeness (QED) is 0.803. The zero-order valence-corrected chi connectivity index (χ0v) is 14.1. The van der Waals surface area contributed by atoms with Crippen molar-refractivity contribution in [3.8, 4) is 11.5 Å². The number of hydrogen-bond donors (Lipinski definition) is 1. The zero-order valence-electron chi connectivity index (χ0n) is 12.5. The lowest BCUT2D eigenvalue weighted by Gasteiger charge is -2.16. The molecule has 2 rings (SSSR count). The minimum absolute atomic E-state index is 0.286. The van der Waals surface area contributed by atoms with E-state index < -0.39 is 0 Å². The standard InChI is InChI=1S/C16H20ClNO2S/c1-4-18-11(2)12-5-7-14(15(9-12)19-3)20-10-13-6-8-16(17)21-13/h5-9,11,18H,4,10H2,1-3H3. The van der Waals surface area contributed by atoms with Crippen molar-refractivity contribution in [2.24, 2.45) is 0 Å². The van der Waals surface area contributed by atoms with Crippen molar-refractivity contribution >= 4 is 22.9 Å². The smallest absolute Gasteiger partial charge is 0.161 e. The Morgan fingerprint density at radius 3 is 2.67 bits per heavy atom. The summed E-state index contributed by atoms with van der Waals surface area (Å²) in [5, 5.41) is 3.38. The maximum atomic E-state index is 5.92. The summed E-state index contributed by atoms with van der Waals surface area (Å²) < 4.78 is 12.0. The van der Waals surface area contributed by atoms with Gasteiger partial charge in [0.1, 0.15) is 6.61 Å². The van der Waals surface area contributed by atoms with E-state index in [0.717, 1.165) is 27.3 Å². The van der Waals surface area contributed by atoms with Crippen molar-refractivity contribution in [1.29, 1.82) is 0 Å². The lowest BCUT2D eigenvalue weighted by atomic mass is 10.1. The van der Waals surface area contributed by atoms with Crippen molar-refractivity contribution in [3.63, 3.8) is 0 Å². The molecule has 1 atom stereocenters. The van der Waals surface area contributed by atoms with Crippen LogP contribution in [0.1, 0.15) is 30.3 Å². The second-order valence-corrected chi connectivity index (χ2v) is 6.48. The van der Waals surface area contributed by atoms with Gasteiger partial charge in [-0.1, -0.05) is 24.6 Å². The van der Waals surface area contributed by atoms with E-state index in [1.807, 2.05) is 24.3 Å². The highest BCUT2D eigenvalue weighted by atomic mass is 35.5. The monoisotopic (exact) mass is 325 g/mol. The number of rotatable bonds is 7. The molecule has 0 aliphatic heterocycles. The molecule has 0 bridgehead atoms. The summed E-state index contributed by atoms with van der Waals surface area (Å²) in [5.41, 5.74) is 1.18. The number of nitrogens with one attached hydrogen (secondary N) is 1. The van der Waals surface area contributed by atoms with Gasteiger partial charge in [-0.3, -0.25) is 0 Å². The molecular formula is C16H20ClNO2S. The van der Waals surface area contributed by atoms with Gasteiger partial charge in [0.05, 0.1) is 11.4 Å². The largest absolute Gasteiger partial charge is 0.493 e. The molecule has 1 unspecified atom stereocenters. The first kappa shape index (κ1) is 16.1. The Kier molecular flexibility index (Phi) is 5.91. The van der Waals surface area contributed by atoms with Gasteiger partial charge in [-0.25, -0.2) is 0 Å². The SMILES string of the molecule is CCNC(C)c1ccc(OCc2ccc(Cl)s2)c(OC)c1. The highest BCUT2D eigenvalue weighted by Crippen LogP contribution is 2.31. The van der Waals surface area contributed by atoms with Crippen LogP contribution in [-0.2, 0) is 6.61 Å². The van der Waals surface area contributed by atoms with Crippen LogP contribution in [0.25, 0.3) is 0 Å². The summed E-state index contributed by atoms with van der Waals surface area (Å²) in [5.74, 6) is 1.49. The Hall–Kier alpha value is -1.23. The van der Waals surface area contributed by atoms with E-state index in [2.05, 4.69) is 25.2 Å². The van der Waals surface area contributed by atoms with Gasteiger partial charge in [0.15, 0.2) is 11.5 Å². The summed E-state index contributed by atoms with van der Waals surface area (Å²) in [7, 11) is 1.66. The molecule has 1 aromatic carbocycles. The summed E-state index contributed by atoms with van der Waals surface area (Å²) in [6.07, 6.45) is 0. The molecule has 0 spiro atoms. The second-order valence-electron chi connectivity index (χ2n) is 4.68. The van der Waals surface area contributed by atoms with Crippen LogP contribution in [-0.4, -0.2) is 13.7 Å². The summed E-state index contributed by atoms with van der Waals surface area (Å²) in [4.78, 5) is 1.09. The van der Waals surface area contributed by atoms with E-state index in [1.54, 1.807) is 7.11 Å². The number of hydrogen-bond acceptors (Lipinski definition) is 4. The zero-order chi connectivity index (χ0) is 15.2.